The Morgan fingerprint density at radius 1 is 0.941 bits per heavy atom. The van der Waals surface area contributed by atoms with Crippen molar-refractivity contribution in [1.29, 1.82) is 0 Å². The van der Waals surface area contributed by atoms with Gasteiger partial charge in [0.1, 0.15) is 5.82 Å². The van der Waals surface area contributed by atoms with Gasteiger partial charge in [-0.1, -0.05) is 18.2 Å². The standard InChI is InChI=1S/C15H16FN/c1-11-3-8-15(9-12(11)2)17-10-13-4-6-14(16)7-5-13/h3-9,17H,10H2,1-2H3. The van der Waals surface area contributed by atoms with Gasteiger partial charge in [-0.05, 0) is 54.8 Å². The maximum atomic E-state index is 12.7. The Kier molecular flexibility index (Phi) is 3.43. The van der Waals surface area contributed by atoms with Crippen LogP contribution in [-0.4, -0.2) is 0 Å². The zero-order valence-corrected chi connectivity index (χ0v) is 10.1. The molecule has 0 aromatic heterocycles. The van der Waals surface area contributed by atoms with Crippen molar-refractivity contribution in [2.24, 2.45) is 0 Å². The molecule has 0 aliphatic heterocycles. The summed E-state index contributed by atoms with van der Waals surface area (Å²) in [6.07, 6.45) is 0. The lowest BCUT2D eigenvalue weighted by molar-refractivity contribution is 0.627. The van der Waals surface area contributed by atoms with Crippen molar-refractivity contribution < 1.29 is 4.39 Å². The average Bonchev–Trinajstić information content (AvgIpc) is 2.33. The van der Waals surface area contributed by atoms with Crippen LogP contribution in [0.15, 0.2) is 42.5 Å². The van der Waals surface area contributed by atoms with Gasteiger partial charge in [-0.25, -0.2) is 4.39 Å². The molecule has 2 aromatic rings. The first-order valence-corrected chi connectivity index (χ1v) is 5.71. The SMILES string of the molecule is Cc1ccc(NCc2ccc(F)cc2)cc1C. The average molecular weight is 229 g/mol. The summed E-state index contributed by atoms with van der Waals surface area (Å²) in [6.45, 7) is 4.90. The molecule has 0 spiro atoms. The minimum atomic E-state index is -0.195. The first-order valence-electron chi connectivity index (χ1n) is 5.71. The van der Waals surface area contributed by atoms with Gasteiger partial charge in [0, 0.05) is 12.2 Å². The number of benzene rings is 2. The predicted octanol–water partition coefficient (Wildman–Crippen LogP) is 4.05. The third kappa shape index (κ3) is 3.06. The summed E-state index contributed by atoms with van der Waals surface area (Å²) in [5.74, 6) is -0.195. The van der Waals surface area contributed by atoms with Gasteiger partial charge in [0.2, 0.25) is 0 Å². The first kappa shape index (κ1) is 11.6. The zero-order valence-electron chi connectivity index (χ0n) is 10.1. The molecule has 0 heterocycles. The van der Waals surface area contributed by atoms with Crippen LogP contribution in [0, 0.1) is 19.7 Å². The van der Waals surface area contributed by atoms with Gasteiger partial charge in [0.15, 0.2) is 0 Å². The van der Waals surface area contributed by atoms with Gasteiger partial charge < -0.3 is 5.32 Å². The van der Waals surface area contributed by atoms with Crippen molar-refractivity contribution in [3.05, 3.63) is 65.0 Å². The molecule has 0 saturated heterocycles. The van der Waals surface area contributed by atoms with Crippen molar-refractivity contribution >= 4 is 5.69 Å². The number of halogens is 1. The molecule has 1 nitrogen and oxygen atoms in total. The van der Waals surface area contributed by atoms with E-state index in [4.69, 9.17) is 0 Å². The molecular formula is C15H16FN. The third-order valence-corrected chi connectivity index (χ3v) is 2.92. The minimum Gasteiger partial charge on any atom is -0.381 e. The fraction of sp³-hybridized carbons (Fsp3) is 0.200. The third-order valence-electron chi connectivity index (χ3n) is 2.92. The summed E-state index contributed by atoms with van der Waals surface area (Å²) in [4.78, 5) is 0. The summed E-state index contributed by atoms with van der Waals surface area (Å²) in [7, 11) is 0. The van der Waals surface area contributed by atoms with E-state index in [1.807, 2.05) is 0 Å². The van der Waals surface area contributed by atoms with E-state index in [0.29, 0.717) is 6.54 Å². The molecule has 0 unspecified atom stereocenters. The molecule has 17 heavy (non-hydrogen) atoms. The van der Waals surface area contributed by atoms with E-state index in [0.717, 1.165) is 11.3 Å². The van der Waals surface area contributed by atoms with Crippen LogP contribution in [0.2, 0.25) is 0 Å². The Morgan fingerprint density at radius 3 is 2.29 bits per heavy atom. The second kappa shape index (κ2) is 5.00. The van der Waals surface area contributed by atoms with Crippen molar-refractivity contribution in [2.45, 2.75) is 20.4 Å². The lowest BCUT2D eigenvalue weighted by atomic mass is 10.1. The quantitative estimate of drug-likeness (QED) is 0.837. The Bertz CT molecular complexity index is 503. The van der Waals surface area contributed by atoms with E-state index in [2.05, 4.69) is 37.4 Å². The topological polar surface area (TPSA) is 12.0 Å². The molecule has 0 fully saturated rings. The van der Waals surface area contributed by atoms with E-state index in [1.54, 1.807) is 12.1 Å². The molecule has 88 valence electrons. The molecule has 0 bridgehead atoms. The first-order chi connectivity index (χ1) is 8.15. The number of nitrogens with one attached hydrogen (secondary N) is 1. The highest BCUT2D eigenvalue weighted by molar-refractivity contribution is 5.48. The maximum absolute atomic E-state index is 12.7. The van der Waals surface area contributed by atoms with E-state index in [1.165, 1.54) is 23.3 Å². The van der Waals surface area contributed by atoms with Crippen LogP contribution in [0.1, 0.15) is 16.7 Å². The van der Waals surface area contributed by atoms with E-state index in [9.17, 15) is 4.39 Å². The zero-order chi connectivity index (χ0) is 12.3. The molecule has 0 atom stereocenters. The molecule has 1 N–H and O–H groups in total. The summed E-state index contributed by atoms with van der Waals surface area (Å²) < 4.78 is 12.7. The van der Waals surface area contributed by atoms with Crippen molar-refractivity contribution in [3.8, 4) is 0 Å². The van der Waals surface area contributed by atoms with Gasteiger partial charge in [-0.2, -0.15) is 0 Å². The Labute approximate surface area is 101 Å². The molecule has 2 heteroatoms. The highest BCUT2D eigenvalue weighted by Gasteiger charge is 1.97. The highest BCUT2D eigenvalue weighted by Crippen LogP contribution is 2.15. The fourth-order valence-electron chi connectivity index (χ4n) is 1.66. The monoisotopic (exact) mass is 229 g/mol. The summed E-state index contributed by atoms with van der Waals surface area (Å²) >= 11 is 0. The van der Waals surface area contributed by atoms with Gasteiger partial charge in [-0.15, -0.1) is 0 Å². The van der Waals surface area contributed by atoms with Crippen LogP contribution in [0.3, 0.4) is 0 Å². The van der Waals surface area contributed by atoms with Crippen LogP contribution in [0.4, 0.5) is 10.1 Å². The normalized spacial score (nSPS) is 10.3. The highest BCUT2D eigenvalue weighted by atomic mass is 19.1. The van der Waals surface area contributed by atoms with E-state index in [-0.39, 0.29) is 5.82 Å². The molecule has 0 aliphatic carbocycles. The second-order valence-electron chi connectivity index (χ2n) is 4.28. The molecule has 0 radical (unpaired) electrons. The summed E-state index contributed by atoms with van der Waals surface area (Å²) in [5.41, 5.74) is 4.73. The molecule has 2 rings (SSSR count). The number of anilines is 1. The summed E-state index contributed by atoms with van der Waals surface area (Å²) in [5, 5.41) is 3.33. The van der Waals surface area contributed by atoms with Gasteiger partial charge in [-0.3, -0.25) is 0 Å². The van der Waals surface area contributed by atoms with Crippen LogP contribution >= 0.6 is 0 Å². The molecule has 2 aromatic carbocycles. The van der Waals surface area contributed by atoms with E-state index < -0.39 is 0 Å². The maximum Gasteiger partial charge on any atom is 0.123 e. The van der Waals surface area contributed by atoms with Gasteiger partial charge in [0.05, 0.1) is 0 Å². The Morgan fingerprint density at radius 2 is 1.65 bits per heavy atom. The molecule has 0 amide bonds. The second-order valence-corrected chi connectivity index (χ2v) is 4.28. The number of rotatable bonds is 3. The number of hydrogen-bond donors (Lipinski definition) is 1. The number of aryl methyl sites for hydroxylation is 2. The molecule has 0 saturated carbocycles. The van der Waals surface area contributed by atoms with Crippen molar-refractivity contribution in [2.75, 3.05) is 5.32 Å². The largest absolute Gasteiger partial charge is 0.381 e. The molecular weight excluding hydrogens is 213 g/mol. The smallest absolute Gasteiger partial charge is 0.123 e. The predicted molar refractivity (Wildman–Crippen MR) is 69.6 cm³/mol. The Hall–Kier alpha value is -1.83. The van der Waals surface area contributed by atoms with Gasteiger partial charge in [0.25, 0.3) is 0 Å². The van der Waals surface area contributed by atoms with Crippen molar-refractivity contribution in [3.63, 3.8) is 0 Å². The minimum absolute atomic E-state index is 0.195. The Balaban J connectivity index is 2.02. The van der Waals surface area contributed by atoms with E-state index >= 15 is 0 Å². The van der Waals surface area contributed by atoms with Crippen LogP contribution < -0.4 is 5.32 Å². The van der Waals surface area contributed by atoms with Crippen LogP contribution in [-0.2, 0) is 6.54 Å². The lowest BCUT2D eigenvalue weighted by Crippen LogP contribution is -1.99. The van der Waals surface area contributed by atoms with Gasteiger partial charge >= 0.3 is 0 Å². The van der Waals surface area contributed by atoms with Crippen LogP contribution in [0.25, 0.3) is 0 Å². The number of hydrogen-bond acceptors (Lipinski definition) is 1. The van der Waals surface area contributed by atoms with Crippen molar-refractivity contribution in [1.82, 2.24) is 0 Å². The lowest BCUT2D eigenvalue weighted by Gasteiger charge is -2.08. The van der Waals surface area contributed by atoms with Crippen LogP contribution in [0.5, 0.6) is 0 Å². The fourth-order valence-corrected chi connectivity index (χ4v) is 1.66. The molecule has 0 aliphatic rings. The summed E-state index contributed by atoms with van der Waals surface area (Å²) in [6, 6.07) is 12.8.